The van der Waals surface area contributed by atoms with Gasteiger partial charge < -0.3 is 13.7 Å². The number of methoxy groups -OCH3 is 1. The molecule has 0 N–H and O–H groups in total. The summed E-state index contributed by atoms with van der Waals surface area (Å²) in [5, 5.41) is 7.35. The number of fused-ring (bicyclic) bond motifs is 6. The molecular weight excluding hydrogens is 488 g/mol. The SMILES string of the molecule is COc1cc2c3c4c1cccc4c1ccccc1n1c4ccccc4c(c31)n2-c1cccc(-c2ccccc2)c1. The molecule has 0 unspecified atom stereocenters. The van der Waals surface area contributed by atoms with Gasteiger partial charge in [0.25, 0.3) is 0 Å². The molecule has 0 bridgehead atoms. The minimum Gasteiger partial charge on any atom is -0.496 e. The van der Waals surface area contributed by atoms with Gasteiger partial charge >= 0.3 is 0 Å². The van der Waals surface area contributed by atoms with E-state index >= 15 is 0 Å². The van der Waals surface area contributed by atoms with E-state index in [2.05, 4.69) is 136 Å². The lowest BCUT2D eigenvalue weighted by Gasteiger charge is -2.13. The summed E-state index contributed by atoms with van der Waals surface area (Å²) in [6.45, 7) is 0. The smallest absolute Gasteiger partial charge is 0.128 e. The van der Waals surface area contributed by atoms with Crippen molar-refractivity contribution in [2.45, 2.75) is 0 Å². The van der Waals surface area contributed by atoms with E-state index in [-0.39, 0.29) is 0 Å². The van der Waals surface area contributed by atoms with E-state index in [4.69, 9.17) is 4.74 Å². The highest BCUT2D eigenvalue weighted by Gasteiger charge is 2.25. The Labute approximate surface area is 230 Å². The fraction of sp³-hybridized carbons (Fsp3) is 0.0270. The van der Waals surface area contributed by atoms with Crippen molar-refractivity contribution in [3.63, 3.8) is 0 Å². The standard InChI is InChI=1S/C37H24N2O/c1-40-33-22-32-35-34-27(17-10-18-29(33)34)26-15-5-7-19-30(26)39-31-20-8-6-16-28(31)36(37(35)39)38(32)25-14-9-13-24(21-25)23-11-3-2-4-12-23/h2-22H,1H3. The topological polar surface area (TPSA) is 18.6 Å². The number of aromatic nitrogens is 2. The van der Waals surface area contributed by atoms with Crippen LogP contribution in [0.1, 0.15) is 0 Å². The first-order valence-corrected chi connectivity index (χ1v) is 13.7. The zero-order valence-corrected chi connectivity index (χ0v) is 21.9. The molecule has 0 saturated carbocycles. The maximum Gasteiger partial charge on any atom is 0.128 e. The van der Waals surface area contributed by atoms with Gasteiger partial charge in [-0.25, -0.2) is 0 Å². The molecule has 3 nitrogen and oxygen atoms in total. The second-order valence-corrected chi connectivity index (χ2v) is 10.5. The van der Waals surface area contributed by atoms with Gasteiger partial charge in [0, 0.05) is 38.7 Å². The highest BCUT2D eigenvalue weighted by atomic mass is 16.5. The van der Waals surface area contributed by atoms with E-state index in [1.807, 2.05) is 0 Å². The maximum atomic E-state index is 6.06. The quantitative estimate of drug-likeness (QED) is 0.231. The van der Waals surface area contributed by atoms with Crippen LogP contribution < -0.4 is 4.74 Å². The monoisotopic (exact) mass is 512 g/mol. The number of rotatable bonds is 3. The van der Waals surface area contributed by atoms with Gasteiger partial charge in [-0.05, 0) is 40.8 Å². The van der Waals surface area contributed by atoms with Crippen LogP contribution in [-0.2, 0) is 0 Å². The molecule has 0 fully saturated rings. The van der Waals surface area contributed by atoms with Crippen LogP contribution in [0.5, 0.6) is 5.75 Å². The Morgan fingerprint density at radius 1 is 0.475 bits per heavy atom. The molecule has 9 aromatic rings. The minimum absolute atomic E-state index is 0.889. The lowest BCUT2D eigenvalue weighted by Crippen LogP contribution is -1.95. The van der Waals surface area contributed by atoms with Gasteiger partial charge in [0.1, 0.15) is 5.75 Å². The van der Waals surface area contributed by atoms with Crippen LogP contribution in [-0.4, -0.2) is 16.1 Å². The molecule has 188 valence electrons. The summed E-state index contributed by atoms with van der Waals surface area (Å²) in [5.74, 6) is 0.889. The molecule has 40 heavy (non-hydrogen) atoms. The molecule has 6 aromatic carbocycles. The van der Waals surface area contributed by atoms with Gasteiger partial charge in [0.05, 0.1) is 34.7 Å². The molecule has 0 aliphatic rings. The number of para-hydroxylation sites is 2. The zero-order valence-electron chi connectivity index (χ0n) is 21.9. The largest absolute Gasteiger partial charge is 0.496 e. The molecule has 9 rings (SSSR count). The van der Waals surface area contributed by atoms with Crippen molar-refractivity contribution in [2.24, 2.45) is 0 Å². The Bertz CT molecular complexity index is 2410. The van der Waals surface area contributed by atoms with E-state index in [9.17, 15) is 0 Å². The van der Waals surface area contributed by atoms with Gasteiger partial charge in [0.15, 0.2) is 0 Å². The molecule has 0 aliphatic heterocycles. The number of hydrogen-bond acceptors (Lipinski definition) is 1. The van der Waals surface area contributed by atoms with Crippen molar-refractivity contribution >= 4 is 59.9 Å². The summed E-state index contributed by atoms with van der Waals surface area (Å²) in [6.07, 6.45) is 0. The first kappa shape index (κ1) is 21.6. The molecule has 0 saturated heterocycles. The third-order valence-corrected chi connectivity index (χ3v) is 8.52. The maximum absolute atomic E-state index is 6.06. The predicted octanol–water partition coefficient (Wildman–Crippen LogP) is 9.61. The van der Waals surface area contributed by atoms with Gasteiger partial charge in [0.2, 0.25) is 0 Å². The normalized spacial score (nSPS) is 12.1. The van der Waals surface area contributed by atoms with Crippen LogP contribution in [0.25, 0.3) is 76.7 Å². The molecule has 3 aromatic heterocycles. The van der Waals surface area contributed by atoms with Crippen molar-refractivity contribution in [3.8, 4) is 22.6 Å². The van der Waals surface area contributed by atoms with E-state index in [0.29, 0.717) is 0 Å². The first-order chi connectivity index (χ1) is 19.8. The third-order valence-electron chi connectivity index (χ3n) is 8.52. The number of hydrogen-bond donors (Lipinski definition) is 0. The second-order valence-electron chi connectivity index (χ2n) is 10.5. The molecule has 0 amide bonds. The van der Waals surface area contributed by atoms with Crippen LogP contribution in [0.4, 0.5) is 0 Å². The highest BCUT2D eigenvalue weighted by molar-refractivity contribution is 6.34. The lowest BCUT2D eigenvalue weighted by molar-refractivity contribution is 0.420. The van der Waals surface area contributed by atoms with E-state index in [1.54, 1.807) is 7.11 Å². The fourth-order valence-electron chi connectivity index (χ4n) is 6.91. The number of benzene rings is 6. The minimum atomic E-state index is 0.889. The number of nitrogens with zero attached hydrogens (tertiary/aromatic N) is 2. The molecule has 0 aliphatic carbocycles. The van der Waals surface area contributed by atoms with E-state index < -0.39 is 0 Å². The van der Waals surface area contributed by atoms with Crippen molar-refractivity contribution in [2.75, 3.05) is 7.11 Å². The summed E-state index contributed by atoms with van der Waals surface area (Å²) in [5.41, 5.74) is 9.57. The number of ether oxygens (including phenoxy) is 1. The third kappa shape index (κ3) is 2.69. The summed E-state index contributed by atoms with van der Waals surface area (Å²) >= 11 is 0. The first-order valence-electron chi connectivity index (χ1n) is 13.7. The van der Waals surface area contributed by atoms with Crippen molar-refractivity contribution in [1.29, 1.82) is 0 Å². The van der Waals surface area contributed by atoms with Crippen molar-refractivity contribution in [3.05, 3.63) is 127 Å². The molecule has 0 radical (unpaired) electrons. The zero-order chi connectivity index (χ0) is 26.4. The molecule has 3 heteroatoms. The summed E-state index contributed by atoms with van der Waals surface area (Å²) in [6, 6.07) is 45.9. The van der Waals surface area contributed by atoms with Crippen LogP contribution in [0.3, 0.4) is 0 Å². The summed E-state index contributed by atoms with van der Waals surface area (Å²) in [4.78, 5) is 0. The van der Waals surface area contributed by atoms with Crippen LogP contribution in [0, 0.1) is 0 Å². The Kier molecular flexibility index (Phi) is 4.26. The van der Waals surface area contributed by atoms with Crippen LogP contribution in [0.2, 0.25) is 0 Å². The summed E-state index contributed by atoms with van der Waals surface area (Å²) in [7, 11) is 1.78. The molecule has 0 spiro atoms. The molecular formula is C37H24N2O. The highest BCUT2D eigenvalue weighted by Crippen LogP contribution is 2.48. The lowest BCUT2D eigenvalue weighted by atomic mass is 9.99. The Morgan fingerprint density at radius 2 is 1.12 bits per heavy atom. The van der Waals surface area contributed by atoms with Gasteiger partial charge in [-0.2, -0.15) is 0 Å². The van der Waals surface area contributed by atoms with E-state index in [0.717, 1.165) is 22.3 Å². The molecule has 3 heterocycles. The average Bonchev–Trinajstić information content (AvgIpc) is 3.48. The van der Waals surface area contributed by atoms with Gasteiger partial charge in [-0.1, -0.05) is 97.1 Å². The average molecular weight is 513 g/mol. The Hall–Kier alpha value is -5.28. The van der Waals surface area contributed by atoms with E-state index in [1.165, 1.54) is 60.1 Å². The van der Waals surface area contributed by atoms with Crippen molar-refractivity contribution in [1.82, 2.24) is 8.97 Å². The molecule has 0 atom stereocenters. The Morgan fingerprint density at radius 3 is 1.95 bits per heavy atom. The van der Waals surface area contributed by atoms with Gasteiger partial charge in [-0.3, -0.25) is 0 Å². The Balaban J connectivity index is 1.60. The fourth-order valence-corrected chi connectivity index (χ4v) is 6.91. The predicted molar refractivity (Wildman–Crippen MR) is 167 cm³/mol. The summed E-state index contributed by atoms with van der Waals surface area (Å²) < 4.78 is 11.0. The van der Waals surface area contributed by atoms with Gasteiger partial charge in [-0.15, -0.1) is 0 Å². The van der Waals surface area contributed by atoms with Crippen LogP contribution >= 0.6 is 0 Å². The van der Waals surface area contributed by atoms with Crippen molar-refractivity contribution < 1.29 is 4.74 Å². The van der Waals surface area contributed by atoms with Crippen LogP contribution in [0.15, 0.2) is 127 Å². The second kappa shape index (κ2) is 7.87.